The zero-order valence-electron chi connectivity index (χ0n) is 9.50. The molecule has 3 heteroatoms. The summed E-state index contributed by atoms with van der Waals surface area (Å²) in [4.78, 5) is 4.22. The summed E-state index contributed by atoms with van der Waals surface area (Å²) < 4.78 is 5.00. The van der Waals surface area contributed by atoms with Crippen LogP contribution in [0.25, 0.3) is 0 Å². The van der Waals surface area contributed by atoms with Gasteiger partial charge in [-0.2, -0.15) is 0 Å². The SMILES string of the molecule is COc1ccc(N=Cc2ccccc2)c(O)c1. The van der Waals surface area contributed by atoms with Crippen LogP contribution in [-0.2, 0) is 0 Å². The maximum Gasteiger partial charge on any atom is 0.144 e. The highest BCUT2D eigenvalue weighted by Crippen LogP contribution is 2.30. The van der Waals surface area contributed by atoms with E-state index in [0.717, 1.165) is 5.56 Å². The molecule has 0 atom stereocenters. The third-order valence-corrected chi connectivity index (χ3v) is 2.33. The molecule has 3 nitrogen and oxygen atoms in total. The van der Waals surface area contributed by atoms with Crippen molar-refractivity contribution in [3.05, 3.63) is 54.1 Å². The molecule has 17 heavy (non-hydrogen) atoms. The number of aliphatic imine (C=N–C) groups is 1. The molecule has 0 bridgehead atoms. The summed E-state index contributed by atoms with van der Waals surface area (Å²) in [5.74, 6) is 0.720. The molecule has 0 aliphatic carbocycles. The molecule has 0 saturated heterocycles. The Morgan fingerprint density at radius 2 is 1.88 bits per heavy atom. The van der Waals surface area contributed by atoms with Crippen LogP contribution >= 0.6 is 0 Å². The average Bonchev–Trinajstić information content (AvgIpc) is 2.38. The molecule has 0 saturated carbocycles. The van der Waals surface area contributed by atoms with Crippen molar-refractivity contribution in [2.45, 2.75) is 0 Å². The lowest BCUT2D eigenvalue weighted by molar-refractivity contribution is 0.408. The number of hydrogen-bond donors (Lipinski definition) is 1. The standard InChI is InChI=1S/C14H13NO2/c1-17-12-7-8-13(14(16)9-12)15-10-11-5-3-2-4-6-11/h2-10,16H,1H3. The molecular weight excluding hydrogens is 214 g/mol. The number of benzene rings is 2. The number of methoxy groups -OCH3 is 1. The fourth-order valence-electron chi connectivity index (χ4n) is 1.42. The molecule has 0 amide bonds. The molecule has 0 aliphatic heterocycles. The highest BCUT2D eigenvalue weighted by atomic mass is 16.5. The summed E-state index contributed by atoms with van der Waals surface area (Å²) in [6, 6.07) is 14.7. The Morgan fingerprint density at radius 3 is 2.53 bits per heavy atom. The maximum atomic E-state index is 9.71. The number of aromatic hydroxyl groups is 1. The third-order valence-electron chi connectivity index (χ3n) is 2.33. The zero-order chi connectivity index (χ0) is 12.1. The zero-order valence-corrected chi connectivity index (χ0v) is 9.50. The van der Waals surface area contributed by atoms with E-state index in [-0.39, 0.29) is 5.75 Å². The average molecular weight is 227 g/mol. The van der Waals surface area contributed by atoms with E-state index >= 15 is 0 Å². The summed E-state index contributed by atoms with van der Waals surface area (Å²) in [5, 5.41) is 9.71. The van der Waals surface area contributed by atoms with Gasteiger partial charge in [-0.25, -0.2) is 0 Å². The Bertz CT molecular complexity index is 521. The second-order valence-electron chi connectivity index (χ2n) is 3.52. The predicted molar refractivity (Wildman–Crippen MR) is 68.4 cm³/mol. The van der Waals surface area contributed by atoms with Gasteiger partial charge >= 0.3 is 0 Å². The van der Waals surface area contributed by atoms with Gasteiger partial charge in [0.05, 0.1) is 7.11 Å². The third kappa shape index (κ3) is 2.84. The van der Waals surface area contributed by atoms with Gasteiger partial charge in [0.25, 0.3) is 0 Å². The van der Waals surface area contributed by atoms with E-state index in [9.17, 15) is 5.11 Å². The van der Waals surface area contributed by atoms with E-state index in [4.69, 9.17) is 4.74 Å². The van der Waals surface area contributed by atoms with Crippen molar-refractivity contribution in [3.8, 4) is 11.5 Å². The highest BCUT2D eigenvalue weighted by molar-refractivity contribution is 5.82. The molecule has 0 unspecified atom stereocenters. The number of ether oxygens (including phenoxy) is 1. The van der Waals surface area contributed by atoms with Crippen LogP contribution < -0.4 is 4.74 Å². The van der Waals surface area contributed by atoms with E-state index in [0.29, 0.717) is 11.4 Å². The first-order valence-corrected chi connectivity index (χ1v) is 5.26. The lowest BCUT2D eigenvalue weighted by atomic mass is 10.2. The number of phenols is 1. The van der Waals surface area contributed by atoms with Gasteiger partial charge in [-0.3, -0.25) is 4.99 Å². The van der Waals surface area contributed by atoms with Crippen LogP contribution in [0, 0.1) is 0 Å². The molecule has 0 fully saturated rings. The molecule has 0 aliphatic rings. The van der Waals surface area contributed by atoms with E-state index in [1.807, 2.05) is 30.3 Å². The smallest absolute Gasteiger partial charge is 0.144 e. The summed E-state index contributed by atoms with van der Waals surface area (Å²) >= 11 is 0. The first kappa shape index (κ1) is 11.2. The number of hydrogen-bond acceptors (Lipinski definition) is 3. The second-order valence-corrected chi connectivity index (χ2v) is 3.52. The van der Waals surface area contributed by atoms with Crippen LogP contribution in [0.5, 0.6) is 11.5 Å². The lowest BCUT2D eigenvalue weighted by Gasteiger charge is -2.02. The number of nitrogens with zero attached hydrogens (tertiary/aromatic N) is 1. The summed E-state index contributed by atoms with van der Waals surface area (Å²) in [6.45, 7) is 0. The van der Waals surface area contributed by atoms with Gasteiger partial charge in [-0.05, 0) is 17.7 Å². The van der Waals surface area contributed by atoms with Crippen molar-refractivity contribution in [2.75, 3.05) is 7.11 Å². The molecule has 0 radical (unpaired) electrons. The molecular formula is C14H13NO2. The van der Waals surface area contributed by atoms with Gasteiger partial charge in [0.15, 0.2) is 0 Å². The van der Waals surface area contributed by atoms with Crippen molar-refractivity contribution in [2.24, 2.45) is 4.99 Å². The minimum absolute atomic E-state index is 0.108. The minimum atomic E-state index is 0.108. The fraction of sp³-hybridized carbons (Fsp3) is 0.0714. The van der Waals surface area contributed by atoms with Crippen molar-refractivity contribution in [1.29, 1.82) is 0 Å². The molecule has 2 aromatic carbocycles. The first-order chi connectivity index (χ1) is 8.29. The van der Waals surface area contributed by atoms with Gasteiger partial charge in [0.1, 0.15) is 17.2 Å². The second kappa shape index (κ2) is 5.16. The topological polar surface area (TPSA) is 41.8 Å². The van der Waals surface area contributed by atoms with Crippen LogP contribution in [0.4, 0.5) is 5.69 Å². The Kier molecular flexibility index (Phi) is 3.40. The maximum absolute atomic E-state index is 9.71. The molecule has 86 valence electrons. The van der Waals surface area contributed by atoms with Crippen molar-refractivity contribution < 1.29 is 9.84 Å². The van der Waals surface area contributed by atoms with Crippen LogP contribution in [0.1, 0.15) is 5.56 Å². The van der Waals surface area contributed by atoms with Gasteiger partial charge in [-0.1, -0.05) is 30.3 Å². The van der Waals surface area contributed by atoms with Crippen molar-refractivity contribution >= 4 is 11.9 Å². The Hall–Kier alpha value is -2.29. The number of phenolic OH excluding ortho intramolecular Hbond substituents is 1. The van der Waals surface area contributed by atoms with Gasteiger partial charge in [-0.15, -0.1) is 0 Å². The Morgan fingerprint density at radius 1 is 1.12 bits per heavy atom. The van der Waals surface area contributed by atoms with Crippen LogP contribution in [0.15, 0.2) is 53.5 Å². The van der Waals surface area contributed by atoms with Crippen molar-refractivity contribution in [3.63, 3.8) is 0 Å². The molecule has 0 heterocycles. The van der Waals surface area contributed by atoms with Crippen LogP contribution in [0.3, 0.4) is 0 Å². The van der Waals surface area contributed by atoms with E-state index in [2.05, 4.69) is 4.99 Å². The Balaban J connectivity index is 2.22. The summed E-state index contributed by atoms with van der Waals surface area (Å²) in [7, 11) is 1.56. The van der Waals surface area contributed by atoms with Crippen molar-refractivity contribution in [1.82, 2.24) is 0 Å². The van der Waals surface area contributed by atoms with Gasteiger partial charge in [0, 0.05) is 12.3 Å². The largest absolute Gasteiger partial charge is 0.506 e. The minimum Gasteiger partial charge on any atom is -0.506 e. The number of rotatable bonds is 3. The Labute approximate surface area is 100 Å². The molecule has 2 rings (SSSR count). The molecule has 1 N–H and O–H groups in total. The molecule has 2 aromatic rings. The van der Waals surface area contributed by atoms with Gasteiger partial charge in [0.2, 0.25) is 0 Å². The van der Waals surface area contributed by atoms with Crippen LogP contribution in [-0.4, -0.2) is 18.4 Å². The monoisotopic (exact) mass is 227 g/mol. The summed E-state index contributed by atoms with van der Waals surface area (Å²) in [5.41, 5.74) is 1.51. The molecule has 0 spiro atoms. The predicted octanol–water partition coefficient (Wildman–Crippen LogP) is 3.15. The first-order valence-electron chi connectivity index (χ1n) is 5.26. The van der Waals surface area contributed by atoms with E-state index < -0.39 is 0 Å². The normalized spacial score (nSPS) is 10.6. The quantitative estimate of drug-likeness (QED) is 0.818. The van der Waals surface area contributed by atoms with E-state index in [1.54, 1.807) is 25.5 Å². The van der Waals surface area contributed by atoms with Crippen LogP contribution in [0.2, 0.25) is 0 Å². The fourth-order valence-corrected chi connectivity index (χ4v) is 1.42. The van der Waals surface area contributed by atoms with Gasteiger partial charge < -0.3 is 9.84 Å². The highest BCUT2D eigenvalue weighted by Gasteiger charge is 2.00. The summed E-state index contributed by atoms with van der Waals surface area (Å²) in [6.07, 6.45) is 1.71. The lowest BCUT2D eigenvalue weighted by Crippen LogP contribution is -1.82. The van der Waals surface area contributed by atoms with E-state index in [1.165, 1.54) is 6.07 Å². The molecule has 0 aromatic heterocycles.